The molecule has 0 saturated heterocycles. The van der Waals surface area contributed by atoms with Gasteiger partial charge in [-0.3, -0.25) is 0 Å². The van der Waals surface area contributed by atoms with Crippen LogP contribution in [0.15, 0.2) is 12.1 Å². The van der Waals surface area contributed by atoms with E-state index in [1.54, 1.807) is 0 Å². The van der Waals surface area contributed by atoms with Gasteiger partial charge in [0.1, 0.15) is 0 Å². The van der Waals surface area contributed by atoms with Crippen molar-refractivity contribution in [2.75, 3.05) is 5.73 Å². The van der Waals surface area contributed by atoms with Gasteiger partial charge in [-0.2, -0.15) is 18.4 Å². The molecule has 2 nitrogen and oxygen atoms in total. The zero-order chi connectivity index (χ0) is 10.9. The van der Waals surface area contributed by atoms with Gasteiger partial charge in [0, 0.05) is 0 Å². The Bertz CT molecular complexity index is 406. The van der Waals surface area contributed by atoms with Crippen LogP contribution in [-0.2, 0) is 6.18 Å². The summed E-state index contributed by atoms with van der Waals surface area (Å²) in [5.41, 5.74) is 3.29. The van der Waals surface area contributed by atoms with E-state index in [9.17, 15) is 13.2 Å². The molecule has 0 spiro atoms. The van der Waals surface area contributed by atoms with Crippen LogP contribution in [0.4, 0.5) is 18.9 Å². The van der Waals surface area contributed by atoms with Crippen LogP contribution in [-0.4, -0.2) is 0 Å². The van der Waals surface area contributed by atoms with Crippen LogP contribution in [0.25, 0.3) is 0 Å². The van der Waals surface area contributed by atoms with Crippen molar-refractivity contribution in [1.82, 2.24) is 0 Å². The first-order valence-corrected chi connectivity index (χ1v) is 3.81. The Morgan fingerprint density at radius 1 is 1.36 bits per heavy atom. The molecule has 0 aliphatic rings. The molecular formula is C8H4ClF3N2. The second-order valence-corrected chi connectivity index (χ2v) is 2.88. The highest BCUT2D eigenvalue weighted by molar-refractivity contribution is 6.34. The van der Waals surface area contributed by atoms with Crippen LogP contribution in [0.5, 0.6) is 0 Å². The average molecular weight is 221 g/mol. The first kappa shape index (κ1) is 10.7. The van der Waals surface area contributed by atoms with Gasteiger partial charge >= 0.3 is 6.18 Å². The van der Waals surface area contributed by atoms with E-state index in [1.165, 1.54) is 6.07 Å². The second kappa shape index (κ2) is 3.39. The monoisotopic (exact) mass is 220 g/mol. The van der Waals surface area contributed by atoms with Crippen molar-refractivity contribution in [2.24, 2.45) is 0 Å². The average Bonchev–Trinajstić information content (AvgIpc) is 2.07. The van der Waals surface area contributed by atoms with Crippen LogP contribution in [0.2, 0.25) is 5.02 Å². The molecule has 0 unspecified atom stereocenters. The molecule has 0 heterocycles. The zero-order valence-electron chi connectivity index (χ0n) is 6.69. The van der Waals surface area contributed by atoms with E-state index < -0.39 is 22.3 Å². The van der Waals surface area contributed by atoms with E-state index >= 15 is 0 Å². The predicted molar refractivity (Wildman–Crippen MR) is 45.6 cm³/mol. The maximum Gasteiger partial charge on any atom is 0.419 e. The third-order valence-electron chi connectivity index (χ3n) is 1.58. The van der Waals surface area contributed by atoms with Crippen LogP contribution in [0.1, 0.15) is 11.1 Å². The lowest BCUT2D eigenvalue weighted by Gasteiger charge is -2.11. The standard InChI is InChI=1S/C8H4ClF3N2/c9-7-5(14)2-1-4(3-13)6(7)8(10,11)12/h1-2H,14H2. The molecule has 0 aromatic heterocycles. The van der Waals surface area contributed by atoms with Crippen LogP contribution >= 0.6 is 11.6 Å². The molecule has 0 fully saturated rings. The summed E-state index contributed by atoms with van der Waals surface area (Å²) in [6.45, 7) is 0. The van der Waals surface area contributed by atoms with E-state index in [2.05, 4.69) is 0 Å². The molecule has 0 amide bonds. The lowest BCUT2D eigenvalue weighted by atomic mass is 10.1. The largest absolute Gasteiger partial charge is 0.419 e. The van der Waals surface area contributed by atoms with Crippen molar-refractivity contribution in [3.05, 3.63) is 28.3 Å². The number of nitriles is 1. The molecule has 1 aromatic rings. The first-order chi connectivity index (χ1) is 6.38. The van der Waals surface area contributed by atoms with Crippen LogP contribution < -0.4 is 5.73 Å². The lowest BCUT2D eigenvalue weighted by Crippen LogP contribution is -2.10. The molecule has 0 bridgehead atoms. The molecule has 2 N–H and O–H groups in total. The fraction of sp³-hybridized carbons (Fsp3) is 0.125. The van der Waals surface area contributed by atoms with Crippen molar-refractivity contribution in [3.8, 4) is 6.07 Å². The number of nitrogens with two attached hydrogens (primary N) is 1. The van der Waals surface area contributed by atoms with Gasteiger partial charge in [-0.25, -0.2) is 0 Å². The minimum atomic E-state index is -4.67. The molecule has 0 saturated carbocycles. The van der Waals surface area contributed by atoms with Gasteiger partial charge in [-0.15, -0.1) is 0 Å². The van der Waals surface area contributed by atoms with Gasteiger partial charge in [0.25, 0.3) is 0 Å². The fourth-order valence-corrected chi connectivity index (χ4v) is 1.23. The molecule has 14 heavy (non-hydrogen) atoms. The highest BCUT2D eigenvalue weighted by atomic mass is 35.5. The predicted octanol–water partition coefficient (Wildman–Crippen LogP) is 2.81. The Hall–Kier alpha value is -1.41. The van der Waals surface area contributed by atoms with Gasteiger partial charge in [-0.1, -0.05) is 11.6 Å². The molecule has 0 radical (unpaired) electrons. The quantitative estimate of drug-likeness (QED) is 0.684. The van der Waals surface area contributed by atoms with E-state index in [0.717, 1.165) is 12.1 Å². The smallest absolute Gasteiger partial charge is 0.398 e. The molecule has 1 aromatic carbocycles. The van der Waals surface area contributed by atoms with E-state index in [1.807, 2.05) is 0 Å². The van der Waals surface area contributed by atoms with Crippen LogP contribution in [0, 0.1) is 11.3 Å². The minimum Gasteiger partial charge on any atom is -0.398 e. The second-order valence-electron chi connectivity index (χ2n) is 2.50. The van der Waals surface area contributed by atoms with Gasteiger partial charge in [0.05, 0.1) is 27.9 Å². The summed E-state index contributed by atoms with van der Waals surface area (Å²) in [7, 11) is 0. The summed E-state index contributed by atoms with van der Waals surface area (Å²) in [5, 5.41) is 7.82. The summed E-state index contributed by atoms with van der Waals surface area (Å²) < 4.78 is 37.2. The maximum absolute atomic E-state index is 12.4. The number of nitrogens with zero attached hydrogens (tertiary/aromatic N) is 1. The van der Waals surface area contributed by atoms with Gasteiger partial charge in [0.15, 0.2) is 0 Å². The van der Waals surface area contributed by atoms with Gasteiger partial charge in [-0.05, 0) is 12.1 Å². The first-order valence-electron chi connectivity index (χ1n) is 3.43. The summed E-state index contributed by atoms with van der Waals surface area (Å²) in [5.74, 6) is 0. The maximum atomic E-state index is 12.4. The Morgan fingerprint density at radius 2 is 1.93 bits per heavy atom. The molecule has 0 aliphatic carbocycles. The topological polar surface area (TPSA) is 49.8 Å². The molecule has 1 rings (SSSR count). The van der Waals surface area contributed by atoms with Crippen molar-refractivity contribution in [1.29, 1.82) is 5.26 Å². The van der Waals surface area contributed by atoms with E-state index in [4.69, 9.17) is 22.6 Å². The Morgan fingerprint density at radius 3 is 2.36 bits per heavy atom. The van der Waals surface area contributed by atoms with Crippen LogP contribution in [0.3, 0.4) is 0 Å². The lowest BCUT2D eigenvalue weighted by molar-refractivity contribution is -0.137. The summed E-state index contributed by atoms with van der Waals surface area (Å²) in [6, 6.07) is 3.56. The number of hydrogen-bond donors (Lipinski definition) is 1. The van der Waals surface area contributed by atoms with E-state index in [0.29, 0.717) is 0 Å². The fourth-order valence-electron chi connectivity index (χ4n) is 0.962. The minimum absolute atomic E-state index is 0.196. The Labute approximate surface area is 82.7 Å². The molecule has 6 heteroatoms. The van der Waals surface area contributed by atoms with Crippen molar-refractivity contribution >= 4 is 17.3 Å². The molecule has 0 atom stereocenters. The summed E-state index contributed by atoms with van der Waals surface area (Å²) in [4.78, 5) is 0. The third-order valence-corrected chi connectivity index (χ3v) is 1.98. The molecular weight excluding hydrogens is 217 g/mol. The number of halogens is 4. The van der Waals surface area contributed by atoms with Gasteiger partial charge in [0.2, 0.25) is 0 Å². The van der Waals surface area contributed by atoms with E-state index in [-0.39, 0.29) is 5.69 Å². The number of rotatable bonds is 0. The Kier molecular flexibility index (Phi) is 2.58. The molecule has 74 valence electrons. The van der Waals surface area contributed by atoms with Crippen molar-refractivity contribution < 1.29 is 13.2 Å². The van der Waals surface area contributed by atoms with Crippen molar-refractivity contribution in [3.63, 3.8) is 0 Å². The number of hydrogen-bond acceptors (Lipinski definition) is 2. The summed E-state index contributed by atoms with van der Waals surface area (Å²) in [6.07, 6.45) is -4.67. The van der Waals surface area contributed by atoms with Crippen molar-refractivity contribution in [2.45, 2.75) is 6.18 Å². The highest BCUT2D eigenvalue weighted by Gasteiger charge is 2.36. The number of benzene rings is 1. The SMILES string of the molecule is N#Cc1ccc(N)c(Cl)c1C(F)(F)F. The number of nitrogen functional groups attached to an aromatic ring is 1. The third kappa shape index (κ3) is 1.75. The summed E-state index contributed by atoms with van der Waals surface area (Å²) >= 11 is 5.37. The number of anilines is 1. The Balaban J connectivity index is 3.54. The molecule has 0 aliphatic heterocycles. The highest BCUT2D eigenvalue weighted by Crippen LogP contribution is 2.39. The zero-order valence-corrected chi connectivity index (χ0v) is 7.45. The van der Waals surface area contributed by atoms with Gasteiger partial charge < -0.3 is 5.73 Å². The number of alkyl halides is 3. The normalized spacial score (nSPS) is 11.1.